The van der Waals surface area contributed by atoms with E-state index in [4.69, 9.17) is 9.47 Å². The van der Waals surface area contributed by atoms with Gasteiger partial charge >= 0.3 is 6.03 Å². The number of nitro groups is 1. The molecule has 0 fully saturated rings. The highest BCUT2D eigenvalue weighted by Crippen LogP contribution is 2.28. The second-order valence-electron chi connectivity index (χ2n) is 6.74. The highest BCUT2D eigenvalue weighted by Gasteiger charge is 2.13. The molecule has 0 unspecified atom stereocenters. The van der Waals surface area contributed by atoms with Crippen LogP contribution in [0.3, 0.4) is 0 Å². The number of hydrazine groups is 1. The van der Waals surface area contributed by atoms with Gasteiger partial charge in [-0.05, 0) is 36.6 Å². The predicted molar refractivity (Wildman–Crippen MR) is 111 cm³/mol. The molecule has 3 N–H and O–H groups in total. The number of urea groups is 1. The number of nitro benzene ring substituents is 1. The van der Waals surface area contributed by atoms with E-state index < -0.39 is 16.9 Å². The van der Waals surface area contributed by atoms with E-state index in [0.29, 0.717) is 24.0 Å². The Labute approximate surface area is 173 Å². The van der Waals surface area contributed by atoms with Crippen LogP contribution in [-0.2, 0) is 0 Å². The summed E-state index contributed by atoms with van der Waals surface area (Å²) in [6.45, 7) is 4.71. The summed E-state index contributed by atoms with van der Waals surface area (Å²) in [4.78, 5) is 34.4. The molecule has 3 amide bonds. The molecule has 0 aromatic heterocycles. The van der Waals surface area contributed by atoms with Crippen LogP contribution in [0.5, 0.6) is 11.5 Å². The van der Waals surface area contributed by atoms with Crippen molar-refractivity contribution in [2.24, 2.45) is 5.92 Å². The lowest BCUT2D eigenvalue weighted by Gasteiger charge is -2.13. The summed E-state index contributed by atoms with van der Waals surface area (Å²) in [7, 11) is 1.47. The molecule has 0 saturated carbocycles. The normalized spacial score (nSPS) is 10.3. The van der Waals surface area contributed by atoms with Crippen molar-refractivity contribution in [1.82, 2.24) is 10.9 Å². The number of hydrogen-bond acceptors (Lipinski definition) is 6. The average molecular weight is 416 g/mol. The Morgan fingerprint density at radius 3 is 2.53 bits per heavy atom. The number of carbonyl (C=O) groups is 2. The van der Waals surface area contributed by atoms with E-state index in [-0.39, 0.29) is 16.9 Å². The second-order valence-corrected chi connectivity index (χ2v) is 6.74. The number of nitrogens with one attached hydrogen (secondary N) is 3. The van der Waals surface area contributed by atoms with Gasteiger partial charge in [-0.3, -0.25) is 20.3 Å². The fraction of sp³-hybridized carbons (Fsp3) is 0.300. The van der Waals surface area contributed by atoms with Gasteiger partial charge in [0.05, 0.1) is 18.6 Å². The summed E-state index contributed by atoms with van der Waals surface area (Å²) in [5.41, 5.74) is 4.73. The first-order valence-corrected chi connectivity index (χ1v) is 9.22. The number of nitrogens with zero attached hydrogens (tertiary/aromatic N) is 1. The molecule has 10 heteroatoms. The van der Waals surface area contributed by atoms with E-state index in [0.717, 1.165) is 6.42 Å². The average Bonchev–Trinajstić information content (AvgIpc) is 2.72. The van der Waals surface area contributed by atoms with Crippen LogP contribution in [0, 0.1) is 16.0 Å². The van der Waals surface area contributed by atoms with Crippen LogP contribution in [0.2, 0.25) is 0 Å². The van der Waals surface area contributed by atoms with Gasteiger partial charge in [-0.25, -0.2) is 10.2 Å². The largest absolute Gasteiger partial charge is 0.493 e. The molecule has 0 aliphatic carbocycles. The molecule has 2 aromatic rings. The third kappa shape index (κ3) is 6.66. The van der Waals surface area contributed by atoms with Gasteiger partial charge in [0.15, 0.2) is 11.5 Å². The first kappa shape index (κ1) is 22.5. The van der Waals surface area contributed by atoms with Crippen molar-refractivity contribution in [2.45, 2.75) is 20.3 Å². The molecular formula is C20H24N4O6. The molecule has 0 heterocycles. The molecule has 0 aliphatic rings. The van der Waals surface area contributed by atoms with E-state index in [9.17, 15) is 19.7 Å². The van der Waals surface area contributed by atoms with Crippen molar-refractivity contribution < 1.29 is 24.0 Å². The maximum Gasteiger partial charge on any atom is 0.337 e. The van der Waals surface area contributed by atoms with Gasteiger partial charge in [-0.1, -0.05) is 19.9 Å². The Kier molecular flexibility index (Phi) is 7.98. The smallest absolute Gasteiger partial charge is 0.337 e. The molecule has 10 nitrogen and oxygen atoms in total. The molecule has 2 aromatic carbocycles. The third-order valence-corrected chi connectivity index (χ3v) is 3.98. The van der Waals surface area contributed by atoms with Crippen molar-refractivity contribution in [3.63, 3.8) is 0 Å². The van der Waals surface area contributed by atoms with Crippen LogP contribution >= 0.6 is 0 Å². The zero-order valence-electron chi connectivity index (χ0n) is 16.9. The Morgan fingerprint density at radius 1 is 1.10 bits per heavy atom. The van der Waals surface area contributed by atoms with E-state index in [1.807, 2.05) is 0 Å². The molecule has 0 radical (unpaired) electrons. The Balaban J connectivity index is 1.93. The summed E-state index contributed by atoms with van der Waals surface area (Å²) < 4.78 is 10.9. The number of anilines is 1. The van der Waals surface area contributed by atoms with Gasteiger partial charge < -0.3 is 14.8 Å². The van der Waals surface area contributed by atoms with Gasteiger partial charge in [0.1, 0.15) is 0 Å². The number of amides is 3. The molecule has 0 aliphatic heterocycles. The Hall–Kier alpha value is -3.82. The quantitative estimate of drug-likeness (QED) is 0.446. The van der Waals surface area contributed by atoms with Gasteiger partial charge in [-0.2, -0.15) is 0 Å². The zero-order chi connectivity index (χ0) is 22.1. The standard InChI is InChI=1S/C20H24N4O6/c1-13(2)9-10-30-17-8-7-14(11-18(17)29-3)19(25)22-23-20(26)21-15-5-4-6-16(12-15)24(27)28/h4-8,11-13H,9-10H2,1-3H3,(H,22,25)(H2,21,23,26). The third-order valence-electron chi connectivity index (χ3n) is 3.98. The number of benzene rings is 2. The summed E-state index contributed by atoms with van der Waals surface area (Å²) in [5.74, 6) is 0.843. The number of hydrogen-bond donors (Lipinski definition) is 3. The van der Waals surface area contributed by atoms with E-state index >= 15 is 0 Å². The fourth-order valence-electron chi connectivity index (χ4n) is 2.38. The number of non-ortho nitro benzene ring substituents is 1. The first-order chi connectivity index (χ1) is 14.3. The van der Waals surface area contributed by atoms with Crippen molar-refractivity contribution in [3.05, 3.63) is 58.1 Å². The van der Waals surface area contributed by atoms with Gasteiger partial charge in [0.25, 0.3) is 11.6 Å². The lowest BCUT2D eigenvalue weighted by molar-refractivity contribution is -0.384. The number of carbonyl (C=O) groups excluding carboxylic acids is 2. The fourth-order valence-corrected chi connectivity index (χ4v) is 2.38. The van der Waals surface area contributed by atoms with Crippen molar-refractivity contribution in [2.75, 3.05) is 19.0 Å². The van der Waals surface area contributed by atoms with Crippen LogP contribution in [0.4, 0.5) is 16.2 Å². The minimum absolute atomic E-state index is 0.167. The molecule has 30 heavy (non-hydrogen) atoms. The van der Waals surface area contributed by atoms with Crippen molar-refractivity contribution in [1.29, 1.82) is 0 Å². The van der Waals surface area contributed by atoms with E-state index in [1.165, 1.54) is 37.4 Å². The molecule has 2 rings (SSSR count). The Bertz CT molecular complexity index is 916. The highest BCUT2D eigenvalue weighted by atomic mass is 16.6. The number of methoxy groups -OCH3 is 1. The van der Waals surface area contributed by atoms with Crippen LogP contribution < -0.4 is 25.6 Å². The monoisotopic (exact) mass is 416 g/mol. The first-order valence-electron chi connectivity index (χ1n) is 9.22. The van der Waals surface area contributed by atoms with Gasteiger partial charge in [0.2, 0.25) is 0 Å². The van der Waals surface area contributed by atoms with E-state index in [1.54, 1.807) is 12.1 Å². The minimum atomic E-state index is -0.760. The lowest BCUT2D eigenvalue weighted by atomic mass is 10.1. The predicted octanol–water partition coefficient (Wildman–Crippen LogP) is 3.49. The SMILES string of the molecule is COc1cc(C(=O)NNC(=O)Nc2cccc([N+](=O)[O-])c2)ccc1OCCC(C)C. The zero-order valence-corrected chi connectivity index (χ0v) is 16.9. The van der Waals surface area contributed by atoms with Crippen LogP contribution in [0.1, 0.15) is 30.6 Å². The van der Waals surface area contributed by atoms with Gasteiger partial charge in [0, 0.05) is 23.4 Å². The van der Waals surface area contributed by atoms with Crippen molar-refractivity contribution in [3.8, 4) is 11.5 Å². The Morgan fingerprint density at radius 2 is 1.87 bits per heavy atom. The number of rotatable bonds is 8. The molecule has 160 valence electrons. The van der Waals surface area contributed by atoms with Crippen LogP contribution in [-0.4, -0.2) is 30.6 Å². The number of ether oxygens (including phenoxy) is 2. The maximum absolute atomic E-state index is 12.3. The minimum Gasteiger partial charge on any atom is -0.493 e. The topological polar surface area (TPSA) is 132 Å². The summed E-state index contributed by atoms with van der Waals surface area (Å²) in [6.07, 6.45) is 0.884. The summed E-state index contributed by atoms with van der Waals surface area (Å²) in [6, 6.07) is 9.32. The summed E-state index contributed by atoms with van der Waals surface area (Å²) >= 11 is 0. The molecule has 0 saturated heterocycles. The molecule has 0 atom stereocenters. The molecule has 0 spiro atoms. The van der Waals surface area contributed by atoms with Crippen molar-refractivity contribution >= 4 is 23.3 Å². The van der Waals surface area contributed by atoms with Gasteiger partial charge in [-0.15, -0.1) is 0 Å². The van der Waals surface area contributed by atoms with Crippen LogP contribution in [0.25, 0.3) is 0 Å². The second kappa shape index (κ2) is 10.6. The van der Waals surface area contributed by atoms with E-state index in [2.05, 4.69) is 30.0 Å². The summed E-state index contributed by atoms with van der Waals surface area (Å²) in [5, 5.41) is 13.2. The molecular weight excluding hydrogens is 392 g/mol. The maximum atomic E-state index is 12.3. The molecule has 0 bridgehead atoms. The van der Waals surface area contributed by atoms with Crippen LogP contribution in [0.15, 0.2) is 42.5 Å². The lowest BCUT2D eigenvalue weighted by Crippen LogP contribution is -2.43. The highest BCUT2D eigenvalue weighted by molar-refractivity contribution is 5.97.